The molecule has 0 fully saturated rings. The Hall–Kier alpha value is -3.61. The lowest BCUT2D eigenvalue weighted by Crippen LogP contribution is -2.50. The zero-order valence-corrected chi connectivity index (χ0v) is 17.4. The molecule has 4 rings (SSSR count). The maximum absolute atomic E-state index is 12.8. The molecule has 160 valence electrons. The lowest BCUT2D eigenvalue weighted by atomic mass is 9.95. The molecule has 0 saturated heterocycles. The molecule has 0 saturated carbocycles. The Morgan fingerprint density at radius 3 is 2.61 bits per heavy atom. The van der Waals surface area contributed by atoms with Crippen LogP contribution in [0.5, 0.6) is 0 Å². The molecule has 1 unspecified atom stereocenters. The van der Waals surface area contributed by atoms with E-state index >= 15 is 0 Å². The van der Waals surface area contributed by atoms with Crippen molar-refractivity contribution >= 4 is 17.9 Å². The Balaban J connectivity index is 1.40. The second-order valence-corrected chi connectivity index (χ2v) is 7.75. The maximum atomic E-state index is 12.8. The van der Waals surface area contributed by atoms with Crippen molar-refractivity contribution in [2.24, 2.45) is 0 Å². The number of nitrogens with one attached hydrogen (secondary N) is 2. The van der Waals surface area contributed by atoms with Crippen molar-refractivity contribution in [1.82, 2.24) is 15.5 Å². The minimum atomic E-state index is -0.580. The highest BCUT2D eigenvalue weighted by atomic mass is 16.5. The Morgan fingerprint density at radius 2 is 1.87 bits per heavy atom. The van der Waals surface area contributed by atoms with E-state index in [4.69, 9.17) is 4.74 Å². The van der Waals surface area contributed by atoms with E-state index in [1.165, 1.54) is 10.5 Å². The standard InChI is InChI=1S/C24H25N3O4/c1-16-9-11-18(12-10-16)22-21-19(15-31-23(21)29)27(24(30)26-22)14-20(28)25-13-5-8-17-6-3-2-4-7-17/h2-4,6-7,9-12,22H,5,8,13-15H2,1H3,(H,25,28)(H,26,30). The number of ether oxygens (including phenoxy) is 1. The number of carbonyl (C=O) groups is 3. The van der Waals surface area contributed by atoms with Gasteiger partial charge in [0.1, 0.15) is 13.2 Å². The van der Waals surface area contributed by atoms with Crippen LogP contribution in [0.3, 0.4) is 0 Å². The number of benzene rings is 2. The van der Waals surface area contributed by atoms with E-state index in [9.17, 15) is 14.4 Å². The molecule has 7 nitrogen and oxygen atoms in total. The van der Waals surface area contributed by atoms with Crippen LogP contribution < -0.4 is 10.6 Å². The molecule has 0 spiro atoms. The number of esters is 1. The molecular weight excluding hydrogens is 394 g/mol. The van der Waals surface area contributed by atoms with Crippen molar-refractivity contribution in [3.8, 4) is 0 Å². The van der Waals surface area contributed by atoms with E-state index in [0.717, 1.165) is 24.0 Å². The summed E-state index contributed by atoms with van der Waals surface area (Å²) in [5, 5.41) is 5.70. The molecule has 31 heavy (non-hydrogen) atoms. The molecular formula is C24H25N3O4. The molecule has 0 radical (unpaired) electrons. The Kier molecular flexibility index (Phi) is 6.02. The first-order valence-corrected chi connectivity index (χ1v) is 10.4. The van der Waals surface area contributed by atoms with Gasteiger partial charge in [-0.15, -0.1) is 0 Å². The number of rotatable bonds is 7. The molecule has 2 aliphatic rings. The van der Waals surface area contributed by atoms with Gasteiger partial charge in [0.15, 0.2) is 0 Å². The largest absolute Gasteiger partial charge is 0.456 e. The summed E-state index contributed by atoms with van der Waals surface area (Å²) in [6, 6.07) is 16.7. The third-order valence-electron chi connectivity index (χ3n) is 5.52. The number of hydrogen-bond acceptors (Lipinski definition) is 4. The van der Waals surface area contributed by atoms with Gasteiger partial charge in [-0.3, -0.25) is 9.69 Å². The Bertz CT molecular complexity index is 1010. The molecule has 1 atom stereocenters. The van der Waals surface area contributed by atoms with Crippen LogP contribution in [0, 0.1) is 6.92 Å². The van der Waals surface area contributed by atoms with Crippen LogP contribution in [0.1, 0.15) is 29.2 Å². The molecule has 7 heteroatoms. The summed E-state index contributed by atoms with van der Waals surface area (Å²) in [5.41, 5.74) is 3.94. The highest BCUT2D eigenvalue weighted by molar-refractivity contribution is 5.98. The first-order valence-electron chi connectivity index (χ1n) is 10.4. The third-order valence-corrected chi connectivity index (χ3v) is 5.52. The van der Waals surface area contributed by atoms with Gasteiger partial charge in [-0.2, -0.15) is 0 Å². The average molecular weight is 419 g/mol. The number of cyclic esters (lactones) is 1. The van der Waals surface area contributed by atoms with Crippen LogP contribution >= 0.6 is 0 Å². The second-order valence-electron chi connectivity index (χ2n) is 7.75. The topological polar surface area (TPSA) is 87.7 Å². The number of hydrogen-bond donors (Lipinski definition) is 2. The van der Waals surface area contributed by atoms with Gasteiger partial charge in [0.25, 0.3) is 0 Å². The SMILES string of the molecule is Cc1ccc(C2NC(=O)N(CC(=O)NCCCc3ccccc3)C3=C2C(=O)OC3)cc1. The molecule has 0 aromatic heterocycles. The van der Waals surface area contributed by atoms with E-state index in [1.807, 2.05) is 49.4 Å². The molecule has 2 heterocycles. The number of nitrogens with zero attached hydrogens (tertiary/aromatic N) is 1. The van der Waals surface area contributed by atoms with Crippen LogP contribution in [0.25, 0.3) is 0 Å². The number of amides is 3. The summed E-state index contributed by atoms with van der Waals surface area (Å²) in [6.45, 7) is 2.31. The summed E-state index contributed by atoms with van der Waals surface area (Å²) < 4.78 is 5.20. The fourth-order valence-corrected chi connectivity index (χ4v) is 3.85. The van der Waals surface area contributed by atoms with Crippen LogP contribution in [0.15, 0.2) is 65.9 Å². The van der Waals surface area contributed by atoms with Crippen molar-refractivity contribution in [1.29, 1.82) is 0 Å². The molecule has 2 aliphatic heterocycles. The van der Waals surface area contributed by atoms with Gasteiger partial charge in [-0.25, -0.2) is 9.59 Å². The number of urea groups is 1. The van der Waals surface area contributed by atoms with E-state index < -0.39 is 18.0 Å². The summed E-state index contributed by atoms with van der Waals surface area (Å²) in [6.07, 6.45) is 1.66. The van der Waals surface area contributed by atoms with Gasteiger partial charge in [0.05, 0.1) is 17.3 Å². The minimum Gasteiger partial charge on any atom is -0.456 e. The number of carbonyl (C=O) groups excluding carboxylic acids is 3. The lowest BCUT2D eigenvalue weighted by molar-refractivity contribution is -0.136. The van der Waals surface area contributed by atoms with Gasteiger partial charge in [-0.05, 0) is 30.9 Å². The summed E-state index contributed by atoms with van der Waals surface area (Å²) >= 11 is 0. The van der Waals surface area contributed by atoms with Gasteiger partial charge in [0, 0.05) is 6.54 Å². The summed E-state index contributed by atoms with van der Waals surface area (Å²) in [7, 11) is 0. The monoisotopic (exact) mass is 419 g/mol. The first kappa shape index (κ1) is 20.7. The van der Waals surface area contributed by atoms with E-state index in [1.54, 1.807) is 0 Å². The molecule has 2 aromatic carbocycles. The molecule has 2 N–H and O–H groups in total. The average Bonchev–Trinajstić information content (AvgIpc) is 3.16. The minimum absolute atomic E-state index is 0.00870. The van der Waals surface area contributed by atoms with Crippen molar-refractivity contribution in [3.05, 3.63) is 82.6 Å². The predicted octanol–water partition coefficient (Wildman–Crippen LogP) is 2.62. The predicted molar refractivity (Wildman–Crippen MR) is 115 cm³/mol. The van der Waals surface area contributed by atoms with Crippen molar-refractivity contribution < 1.29 is 19.1 Å². The van der Waals surface area contributed by atoms with Crippen molar-refractivity contribution in [3.63, 3.8) is 0 Å². The maximum Gasteiger partial charge on any atom is 0.338 e. The Morgan fingerprint density at radius 1 is 1.13 bits per heavy atom. The van der Waals surface area contributed by atoms with Gasteiger partial charge in [0.2, 0.25) is 5.91 Å². The van der Waals surface area contributed by atoms with Crippen LogP contribution in [-0.2, 0) is 20.7 Å². The van der Waals surface area contributed by atoms with Gasteiger partial charge < -0.3 is 15.4 Å². The van der Waals surface area contributed by atoms with Crippen LogP contribution in [-0.4, -0.2) is 42.5 Å². The van der Waals surface area contributed by atoms with Crippen LogP contribution in [0.4, 0.5) is 4.79 Å². The van der Waals surface area contributed by atoms with Crippen molar-refractivity contribution in [2.45, 2.75) is 25.8 Å². The summed E-state index contributed by atoms with van der Waals surface area (Å²) in [4.78, 5) is 38.9. The lowest BCUT2D eigenvalue weighted by Gasteiger charge is -2.32. The molecule has 2 aromatic rings. The first-order chi connectivity index (χ1) is 15.0. The fourth-order valence-electron chi connectivity index (χ4n) is 3.85. The fraction of sp³-hybridized carbons (Fsp3) is 0.292. The van der Waals surface area contributed by atoms with Gasteiger partial charge >= 0.3 is 12.0 Å². The smallest absolute Gasteiger partial charge is 0.338 e. The highest BCUT2D eigenvalue weighted by Crippen LogP contribution is 2.34. The molecule has 0 aliphatic carbocycles. The molecule has 3 amide bonds. The van der Waals surface area contributed by atoms with Gasteiger partial charge in [-0.1, -0.05) is 60.2 Å². The van der Waals surface area contributed by atoms with Crippen molar-refractivity contribution in [2.75, 3.05) is 19.7 Å². The summed E-state index contributed by atoms with van der Waals surface area (Å²) in [5.74, 6) is -0.739. The van der Waals surface area contributed by atoms with E-state index in [-0.39, 0.29) is 19.1 Å². The Labute approximate surface area is 181 Å². The number of aryl methyl sites for hydroxylation is 2. The third kappa shape index (κ3) is 4.60. The quantitative estimate of drug-likeness (QED) is 0.534. The molecule has 0 bridgehead atoms. The second kappa shape index (κ2) is 9.04. The van der Waals surface area contributed by atoms with E-state index in [2.05, 4.69) is 22.8 Å². The highest BCUT2D eigenvalue weighted by Gasteiger charge is 2.42. The normalized spacial score (nSPS) is 17.8. The van der Waals surface area contributed by atoms with Crippen LogP contribution in [0.2, 0.25) is 0 Å². The zero-order chi connectivity index (χ0) is 21.8. The van der Waals surface area contributed by atoms with E-state index in [0.29, 0.717) is 17.8 Å². The zero-order valence-electron chi connectivity index (χ0n) is 17.4.